The van der Waals surface area contributed by atoms with Crippen molar-refractivity contribution >= 4 is 45.6 Å². The fourth-order valence-electron chi connectivity index (χ4n) is 1.53. The molecule has 0 aliphatic heterocycles. The number of carbonyl (C=O) groups is 1. The normalized spacial score (nSPS) is 10.2. The molecule has 0 spiro atoms. The summed E-state index contributed by atoms with van der Waals surface area (Å²) in [6.45, 7) is 1.18. The topological polar surface area (TPSA) is 94.0 Å². The molecule has 1 amide bonds. The Balaban J connectivity index is 0.00000220. The Morgan fingerprint density at radius 2 is 2.33 bits per heavy atom. The molecule has 0 fully saturated rings. The van der Waals surface area contributed by atoms with E-state index in [1.165, 1.54) is 11.3 Å². The van der Waals surface area contributed by atoms with Crippen LogP contribution in [0.25, 0.3) is 10.7 Å². The van der Waals surface area contributed by atoms with Gasteiger partial charge in [0.15, 0.2) is 0 Å². The highest BCUT2D eigenvalue weighted by Gasteiger charge is 2.11. The van der Waals surface area contributed by atoms with Crippen LogP contribution in [-0.4, -0.2) is 29.1 Å². The van der Waals surface area contributed by atoms with Gasteiger partial charge >= 0.3 is 0 Å². The van der Waals surface area contributed by atoms with E-state index in [9.17, 15) is 4.79 Å². The average molecular weight is 396 g/mol. The van der Waals surface area contributed by atoms with Gasteiger partial charge in [-0.1, -0.05) is 5.16 Å². The summed E-state index contributed by atoms with van der Waals surface area (Å²) < 4.78 is 6.12. The molecule has 21 heavy (non-hydrogen) atoms. The van der Waals surface area contributed by atoms with E-state index in [0.29, 0.717) is 37.6 Å². The zero-order valence-electron chi connectivity index (χ0n) is 11.2. The van der Waals surface area contributed by atoms with Gasteiger partial charge in [0.05, 0.1) is 4.88 Å². The second-order valence-electron chi connectivity index (χ2n) is 4.13. The molecule has 0 saturated heterocycles. The first-order valence-corrected chi connectivity index (χ1v) is 7.90. The molecule has 0 atom stereocenters. The maximum absolute atomic E-state index is 11.5. The van der Waals surface area contributed by atoms with Crippen LogP contribution >= 0.6 is 39.7 Å². The van der Waals surface area contributed by atoms with Gasteiger partial charge in [0, 0.05) is 29.2 Å². The SMILES string of the molecule is Cl.NCCCNC(=O)CCc1nc(-c2cc(Br)cs2)no1. The van der Waals surface area contributed by atoms with Crippen LogP contribution in [0.5, 0.6) is 0 Å². The largest absolute Gasteiger partial charge is 0.356 e. The number of hydrogen-bond acceptors (Lipinski definition) is 6. The van der Waals surface area contributed by atoms with E-state index in [1.807, 2.05) is 11.4 Å². The minimum Gasteiger partial charge on any atom is -0.356 e. The van der Waals surface area contributed by atoms with Gasteiger partial charge in [0.25, 0.3) is 0 Å². The summed E-state index contributed by atoms with van der Waals surface area (Å²) in [5.74, 6) is 0.995. The van der Waals surface area contributed by atoms with Gasteiger partial charge < -0.3 is 15.6 Å². The van der Waals surface area contributed by atoms with Crippen molar-refractivity contribution in [3.05, 3.63) is 21.8 Å². The lowest BCUT2D eigenvalue weighted by atomic mass is 10.3. The van der Waals surface area contributed by atoms with Gasteiger partial charge in [-0.3, -0.25) is 4.79 Å². The van der Waals surface area contributed by atoms with Crippen LogP contribution in [0.4, 0.5) is 0 Å². The Bertz CT molecular complexity index is 575. The summed E-state index contributed by atoms with van der Waals surface area (Å²) in [4.78, 5) is 16.7. The number of amides is 1. The van der Waals surface area contributed by atoms with Crippen molar-refractivity contribution in [1.82, 2.24) is 15.5 Å². The number of hydrogen-bond donors (Lipinski definition) is 2. The minimum absolute atomic E-state index is 0. The van der Waals surface area contributed by atoms with E-state index in [2.05, 4.69) is 31.4 Å². The molecule has 0 aliphatic rings. The molecule has 0 unspecified atom stereocenters. The molecule has 2 heterocycles. The Morgan fingerprint density at radius 1 is 1.52 bits per heavy atom. The smallest absolute Gasteiger partial charge is 0.227 e. The maximum Gasteiger partial charge on any atom is 0.227 e. The number of aryl methyl sites for hydroxylation is 1. The Kier molecular flexibility index (Phi) is 7.87. The summed E-state index contributed by atoms with van der Waals surface area (Å²) in [7, 11) is 0. The lowest BCUT2D eigenvalue weighted by Crippen LogP contribution is -2.26. The monoisotopic (exact) mass is 394 g/mol. The van der Waals surface area contributed by atoms with Crippen molar-refractivity contribution in [1.29, 1.82) is 0 Å². The zero-order valence-corrected chi connectivity index (χ0v) is 14.4. The van der Waals surface area contributed by atoms with Crippen LogP contribution in [0.15, 0.2) is 20.4 Å². The van der Waals surface area contributed by atoms with Gasteiger partial charge in [-0.2, -0.15) is 4.98 Å². The van der Waals surface area contributed by atoms with Crippen molar-refractivity contribution < 1.29 is 9.32 Å². The summed E-state index contributed by atoms with van der Waals surface area (Å²) in [5, 5.41) is 8.65. The summed E-state index contributed by atoms with van der Waals surface area (Å²) in [6.07, 6.45) is 1.55. The zero-order chi connectivity index (χ0) is 14.4. The van der Waals surface area contributed by atoms with E-state index in [1.54, 1.807) is 0 Å². The van der Waals surface area contributed by atoms with Crippen LogP contribution in [0.3, 0.4) is 0 Å². The molecule has 3 N–H and O–H groups in total. The summed E-state index contributed by atoms with van der Waals surface area (Å²) in [6, 6.07) is 1.93. The lowest BCUT2D eigenvalue weighted by Gasteiger charge is -2.01. The third kappa shape index (κ3) is 5.74. The van der Waals surface area contributed by atoms with Crippen LogP contribution in [-0.2, 0) is 11.2 Å². The Hall–Kier alpha value is -0.960. The number of rotatable bonds is 7. The first kappa shape index (κ1) is 18.1. The first-order valence-electron chi connectivity index (χ1n) is 6.23. The lowest BCUT2D eigenvalue weighted by molar-refractivity contribution is -0.121. The standard InChI is InChI=1S/C12H15BrN4O2S.ClH/c13-8-6-9(20-7-8)12-16-11(19-17-12)3-2-10(18)15-5-1-4-14;/h6-7H,1-5,14H2,(H,15,18);1H. The highest BCUT2D eigenvalue weighted by Crippen LogP contribution is 2.27. The number of thiophene rings is 1. The van der Waals surface area contributed by atoms with E-state index in [-0.39, 0.29) is 18.3 Å². The average Bonchev–Trinajstić information content (AvgIpc) is 3.05. The van der Waals surface area contributed by atoms with Gasteiger partial charge in [-0.05, 0) is 35.0 Å². The van der Waals surface area contributed by atoms with Gasteiger partial charge in [0.1, 0.15) is 0 Å². The molecule has 2 rings (SSSR count). The number of nitrogens with zero attached hydrogens (tertiary/aromatic N) is 2. The Labute approximate surface area is 141 Å². The van der Waals surface area contributed by atoms with Crippen LogP contribution in [0.1, 0.15) is 18.7 Å². The second kappa shape index (κ2) is 9.14. The molecular formula is C12H16BrClN4O2S. The first-order chi connectivity index (χ1) is 9.69. The van der Waals surface area contributed by atoms with Crippen molar-refractivity contribution in [2.75, 3.05) is 13.1 Å². The fraction of sp³-hybridized carbons (Fsp3) is 0.417. The van der Waals surface area contributed by atoms with Gasteiger partial charge in [-0.25, -0.2) is 0 Å². The van der Waals surface area contributed by atoms with Gasteiger partial charge in [0.2, 0.25) is 17.6 Å². The molecule has 6 nitrogen and oxygen atoms in total. The predicted molar refractivity (Wildman–Crippen MR) is 87.6 cm³/mol. The molecule has 0 aliphatic carbocycles. The second-order valence-corrected chi connectivity index (χ2v) is 5.96. The van der Waals surface area contributed by atoms with E-state index in [0.717, 1.165) is 15.8 Å². The van der Waals surface area contributed by atoms with E-state index < -0.39 is 0 Å². The number of aromatic nitrogens is 2. The predicted octanol–water partition coefficient (Wildman–Crippen LogP) is 2.38. The van der Waals surface area contributed by atoms with Crippen molar-refractivity contribution in [2.24, 2.45) is 5.73 Å². The third-order valence-electron chi connectivity index (χ3n) is 2.52. The fourth-order valence-corrected chi connectivity index (χ4v) is 2.88. The maximum atomic E-state index is 11.5. The van der Waals surface area contributed by atoms with Crippen molar-refractivity contribution in [2.45, 2.75) is 19.3 Å². The van der Waals surface area contributed by atoms with Crippen molar-refractivity contribution in [3.8, 4) is 10.7 Å². The Morgan fingerprint density at radius 3 is 3.00 bits per heavy atom. The number of carbonyl (C=O) groups excluding carboxylic acids is 1. The van der Waals surface area contributed by atoms with E-state index >= 15 is 0 Å². The molecule has 2 aromatic heterocycles. The van der Waals surface area contributed by atoms with Gasteiger partial charge in [-0.15, -0.1) is 23.7 Å². The van der Waals surface area contributed by atoms with E-state index in [4.69, 9.17) is 10.3 Å². The number of nitrogens with one attached hydrogen (secondary N) is 1. The molecule has 0 saturated carbocycles. The molecule has 116 valence electrons. The minimum atomic E-state index is -0.0305. The quantitative estimate of drug-likeness (QED) is 0.702. The molecular weight excluding hydrogens is 380 g/mol. The number of nitrogens with two attached hydrogens (primary N) is 1. The van der Waals surface area contributed by atoms with Crippen LogP contribution < -0.4 is 11.1 Å². The molecule has 0 aromatic carbocycles. The van der Waals surface area contributed by atoms with Crippen LogP contribution in [0.2, 0.25) is 0 Å². The molecule has 0 radical (unpaired) electrons. The molecule has 2 aromatic rings. The summed E-state index contributed by atoms with van der Waals surface area (Å²) in [5.41, 5.74) is 5.35. The highest BCUT2D eigenvalue weighted by molar-refractivity contribution is 9.10. The highest BCUT2D eigenvalue weighted by atomic mass is 79.9. The summed E-state index contributed by atoms with van der Waals surface area (Å²) >= 11 is 4.91. The van der Waals surface area contributed by atoms with Crippen molar-refractivity contribution in [3.63, 3.8) is 0 Å². The molecule has 0 bridgehead atoms. The van der Waals surface area contributed by atoms with Crippen LogP contribution in [0, 0.1) is 0 Å². The third-order valence-corrected chi connectivity index (χ3v) is 4.21. The molecule has 9 heteroatoms. The number of halogens is 2.